The molecule has 0 spiro atoms. The van der Waals surface area contributed by atoms with E-state index in [-0.39, 0.29) is 17.3 Å². The molecule has 3 heterocycles. The number of carboxylic acids is 1. The number of aromatic carboxylic acids is 1. The first-order chi connectivity index (χ1) is 11.1. The number of anilines is 3. The predicted octanol–water partition coefficient (Wildman–Crippen LogP) is 1.43. The summed E-state index contributed by atoms with van der Waals surface area (Å²) in [6.45, 7) is 3.11. The second kappa shape index (κ2) is 5.95. The minimum atomic E-state index is -1.19. The van der Waals surface area contributed by atoms with Gasteiger partial charge < -0.3 is 25.2 Å². The highest BCUT2D eigenvalue weighted by atomic mass is 16.5. The molecule has 9 heteroatoms. The molecule has 120 valence electrons. The van der Waals surface area contributed by atoms with Crippen molar-refractivity contribution in [2.45, 2.75) is 6.92 Å². The molecule has 0 fully saturated rings. The van der Waals surface area contributed by atoms with Crippen LogP contribution in [0.1, 0.15) is 15.9 Å². The molecule has 3 N–H and O–H groups in total. The van der Waals surface area contributed by atoms with Crippen molar-refractivity contribution in [1.29, 1.82) is 0 Å². The number of rotatable bonds is 4. The number of hydrogen-bond donors (Lipinski definition) is 3. The number of hydrogen-bond acceptors (Lipinski definition) is 8. The number of carbonyl (C=O) groups is 1. The summed E-state index contributed by atoms with van der Waals surface area (Å²) in [5, 5.41) is 15.6. The molecule has 0 unspecified atom stereocenters. The lowest BCUT2D eigenvalue weighted by atomic mass is 10.2. The van der Waals surface area contributed by atoms with E-state index in [9.17, 15) is 9.90 Å². The van der Waals surface area contributed by atoms with E-state index >= 15 is 0 Å². The van der Waals surface area contributed by atoms with Crippen LogP contribution in [0.4, 0.5) is 17.2 Å². The van der Waals surface area contributed by atoms with Gasteiger partial charge in [-0.15, -0.1) is 0 Å². The van der Waals surface area contributed by atoms with E-state index in [1.54, 1.807) is 6.20 Å². The first-order valence-electron chi connectivity index (χ1n) is 6.87. The minimum absolute atomic E-state index is 0.0139. The topological polar surface area (TPSA) is 118 Å². The molecule has 9 nitrogen and oxygen atoms in total. The van der Waals surface area contributed by atoms with Gasteiger partial charge in [0.15, 0.2) is 11.4 Å². The van der Waals surface area contributed by atoms with E-state index in [0.717, 1.165) is 11.3 Å². The summed E-state index contributed by atoms with van der Waals surface area (Å²) in [6, 6.07) is 0. The Hall–Kier alpha value is -3.10. The molecule has 3 rings (SSSR count). The van der Waals surface area contributed by atoms with Gasteiger partial charge in [-0.1, -0.05) is 0 Å². The second-order valence-electron chi connectivity index (χ2n) is 4.79. The molecule has 23 heavy (non-hydrogen) atoms. The van der Waals surface area contributed by atoms with E-state index in [1.165, 1.54) is 13.4 Å². The normalized spacial score (nSPS) is 12.6. The molecule has 0 amide bonds. The Balaban J connectivity index is 2.02. The zero-order valence-corrected chi connectivity index (χ0v) is 12.6. The molecule has 0 aromatic carbocycles. The number of pyridine rings is 1. The van der Waals surface area contributed by atoms with Crippen LogP contribution >= 0.6 is 0 Å². The van der Waals surface area contributed by atoms with Gasteiger partial charge in [0.25, 0.3) is 0 Å². The summed E-state index contributed by atoms with van der Waals surface area (Å²) >= 11 is 0. The van der Waals surface area contributed by atoms with Gasteiger partial charge in [0, 0.05) is 12.1 Å². The van der Waals surface area contributed by atoms with Crippen LogP contribution in [0, 0.1) is 6.92 Å². The van der Waals surface area contributed by atoms with Crippen molar-refractivity contribution >= 4 is 23.2 Å². The van der Waals surface area contributed by atoms with Crippen molar-refractivity contribution in [2.24, 2.45) is 0 Å². The molecule has 0 saturated heterocycles. The summed E-state index contributed by atoms with van der Waals surface area (Å²) in [5.74, 6) is -0.543. The fourth-order valence-electron chi connectivity index (χ4n) is 2.29. The Morgan fingerprint density at radius 2 is 2.26 bits per heavy atom. The maximum absolute atomic E-state index is 11.5. The lowest BCUT2D eigenvalue weighted by Gasteiger charge is -2.21. The molecular formula is C14H15N5O4. The third kappa shape index (κ3) is 2.68. The standard InChI is InChI=1S/C14H15N5O4/c1-7-8(5-16-13-10(7)15-3-4-23-13)19-11-9(14(20)21)12(22-2)18-6-17-11/h5-6,15H,3-4H2,1-2H3,(H,20,21)(H,17,18,19). The zero-order chi connectivity index (χ0) is 16.4. The average Bonchev–Trinajstić information content (AvgIpc) is 2.57. The highest BCUT2D eigenvalue weighted by Crippen LogP contribution is 2.34. The van der Waals surface area contributed by atoms with Crippen LogP contribution in [0.5, 0.6) is 11.8 Å². The van der Waals surface area contributed by atoms with Crippen molar-refractivity contribution in [3.05, 3.63) is 23.7 Å². The van der Waals surface area contributed by atoms with Crippen molar-refractivity contribution < 1.29 is 19.4 Å². The monoisotopic (exact) mass is 317 g/mol. The summed E-state index contributed by atoms with van der Waals surface area (Å²) in [5.41, 5.74) is 2.10. The summed E-state index contributed by atoms with van der Waals surface area (Å²) in [4.78, 5) is 23.5. The highest BCUT2D eigenvalue weighted by Gasteiger charge is 2.22. The number of ether oxygens (including phenoxy) is 2. The van der Waals surface area contributed by atoms with Crippen LogP contribution in [0.2, 0.25) is 0 Å². The summed E-state index contributed by atoms with van der Waals surface area (Å²) in [6.07, 6.45) is 2.80. The zero-order valence-electron chi connectivity index (χ0n) is 12.6. The SMILES string of the molecule is COc1ncnc(Nc2cnc3c(c2C)NCCO3)c1C(=O)O. The van der Waals surface area contributed by atoms with Crippen LogP contribution in [0.25, 0.3) is 0 Å². The van der Waals surface area contributed by atoms with E-state index < -0.39 is 5.97 Å². The number of nitrogens with one attached hydrogen (secondary N) is 2. The molecule has 0 saturated carbocycles. The predicted molar refractivity (Wildman–Crippen MR) is 81.8 cm³/mol. The van der Waals surface area contributed by atoms with Crippen molar-refractivity contribution in [1.82, 2.24) is 15.0 Å². The van der Waals surface area contributed by atoms with Crippen LogP contribution in [-0.4, -0.2) is 46.3 Å². The number of nitrogens with zero attached hydrogens (tertiary/aromatic N) is 3. The van der Waals surface area contributed by atoms with Crippen molar-refractivity contribution in [3.8, 4) is 11.8 Å². The molecule has 0 bridgehead atoms. The van der Waals surface area contributed by atoms with Gasteiger partial charge in [-0.25, -0.2) is 19.7 Å². The van der Waals surface area contributed by atoms with E-state index in [4.69, 9.17) is 9.47 Å². The molecular weight excluding hydrogens is 302 g/mol. The quantitative estimate of drug-likeness (QED) is 0.769. The van der Waals surface area contributed by atoms with E-state index in [2.05, 4.69) is 25.6 Å². The number of aromatic nitrogens is 3. The average molecular weight is 317 g/mol. The number of fused-ring (bicyclic) bond motifs is 1. The van der Waals surface area contributed by atoms with Gasteiger partial charge >= 0.3 is 5.97 Å². The van der Waals surface area contributed by atoms with Crippen molar-refractivity contribution in [3.63, 3.8) is 0 Å². The third-order valence-corrected chi connectivity index (χ3v) is 3.42. The highest BCUT2D eigenvalue weighted by molar-refractivity contribution is 5.96. The first kappa shape index (κ1) is 14.8. The van der Waals surface area contributed by atoms with Gasteiger partial charge in [0.2, 0.25) is 11.8 Å². The molecule has 2 aromatic heterocycles. The van der Waals surface area contributed by atoms with E-state index in [0.29, 0.717) is 24.7 Å². The molecule has 0 atom stereocenters. The van der Waals surface area contributed by atoms with Gasteiger partial charge in [-0.3, -0.25) is 0 Å². The first-order valence-corrected chi connectivity index (χ1v) is 6.87. The second-order valence-corrected chi connectivity index (χ2v) is 4.79. The van der Waals surface area contributed by atoms with Gasteiger partial charge in [-0.05, 0) is 6.92 Å². The van der Waals surface area contributed by atoms with Crippen LogP contribution in [-0.2, 0) is 0 Å². The lowest BCUT2D eigenvalue weighted by molar-refractivity contribution is 0.0693. The minimum Gasteiger partial charge on any atom is -0.480 e. The van der Waals surface area contributed by atoms with Crippen LogP contribution in [0.3, 0.4) is 0 Å². The fourth-order valence-corrected chi connectivity index (χ4v) is 2.29. The Labute approximate surface area is 131 Å². The van der Waals surface area contributed by atoms with Crippen LogP contribution in [0.15, 0.2) is 12.5 Å². The molecule has 0 radical (unpaired) electrons. The van der Waals surface area contributed by atoms with E-state index in [1.807, 2.05) is 6.92 Å². The Bertz CT molecular complexity index is 765. The smallest absolute Gasteiger partial charge is 0.345 e. The van der Waals surface area contributed by atoms with Crippen LogP contribution < -0.4 is 20.1 Å². The molecule has 2 aromatic rings. The largest absolute Gasteiger partial charge is 0.480 e. The number of methoxy groups -OCH3 is 1. The fraction of sp³-hybridized carbons (Fsp3) is 0.286. The third-order valence-electron chi connectivity index (χ3n) is 3.42. The van der Waals surface area contributed by atoms with Gasteiger partial charge in [-0.2, -0.15) is 0 Å². The summed E-state index contributed by atoms with van der Waals surface area (Å²) < 4.78 is 10.5. The Morgan fingerprint density at radius 3 is 3.00 bits per heavy atom. The lowest BCUT2D eigenvalue weighted by Crippen LogP contribution is -2.20. The maximum Gasteiger partial charge on any atom is 0.345 e. The molecule has 0 aliphatic carbocycles. The number of carboxylic acid groups (broad SMARTS) is 1. The summed E-state index contributed by atoms with van der Waals surface area (Å²) in [7, 11) is 1.35. The maximum atomic E-state index is 11.5. The van der Waals surface area contributed by atoms with Gasteiger partial charge in [0.1, 0.15) is 18.6 Å². The van der Waals surface area contributed by atoms with Gasteiger partial charge in [0.05, 0.1) is 19.0 Å². The Kier molecular flexibility index (Phi) is 3.83. The van der Waals surface area contributed by atoms with Crippen molar-refractivity contribution in [2.75, 3.05) is 30.9 Å². The Morgan fingerprint density at radius 1 is 1.43 bits per heavy atom. The molecule has 1 aliphatic heterocycles. The molecule has 1 aliphatic rings.